The van der Waals surface area contributed by atoms with Crippen molar-refractivity contribution in [3.05, 3.63) is 11.6 Å². The molecule has 3 aliphatic carbocycles. The quantitative estimate of drug-likeness (QED) is 0.507. The molecule has 0 amide bonds. The van der Waals surface area contributed by atoms with Crippen LogP contribution in [0.1, 0.15) is 64.2 Å². The monoisotopic (exact) mass is 376 g/mol. The molecular formula is C22H32O5. The minimum Gasteiger partial charge on any atom is -0.481 e. The maximum Gasteiger partial charge on any atom is 0.303 e. The molecule has 3 rings (SSSR count). The number of carbonyl (C=O) groups is 1. The number of aliphatic hydroxyl groups excluding tert-OH is 2. The third-order valence-corrected chi connectivity index (χ3v) is 6.85. The fraction of sp³-hybridized carbons (Fsp3) is 0.773. The minimum atomic E-state index is -0.797. The van der Waals surface area contributed by atoms with Gasteiger partial charge in [-0.15, -0.1) is 0 Å². The average molecular weight is 376 g/mol. The first-order valence-corrected chi connectivity index (χ1v) is 10.3. The second-order valence-electron chi connectivity index (χ2n) is 8.33. The van der Waals surface area contributed by atoms with Gasteiger partial charge in [0.25, 0.3) is 0 Å². The second-order valence-corrected chi connectivity index (χ2v) is 8.33. The van der Waals surface area contributed by atoms with Crippen molar-refractivity contribution in [3.8, 4) is 11.8 Å². The number of ether oxygens (including phenoxy) is 1. The number of hydrogen-bond donors (Lipinski definition) is 3. The molecule has 0 aliphatic heterocycles. The van der Waals surface area contributed by atoms with E-state index < -0.39 is 23.8 Å². The molecule has 0 aromatic heterocycles. The van der Waals surface area contributed by atoms with Crippen LogP contribution in [-0.4, -0.2) is 46.2 Å². The van der Waals surface area contributed by atoms with Gasteiger partial charge in [0.05, 0.1) is 17.6 Å². The van der Waals surface area contributed by atoms with Gasteiger partial charge in [0.2, 0.25) is 0 Å². The summed E-state index contributed by atoms with van der Waals surface area (Å²) in [4.78, 5) is 10.8. The van der Waals surface area contributed by atoms with Gasteiger partial charge in [-0.05, 0) is 50.0 Å². The van der Waals surface area contributed by atoms with Crippen LogP contribution in [0.5, 0.6) is 0 Å². The molecular weight excluding hydrogens is 344 g/mol. The van der Waals surface area contributed by atoms with Crippen LogP contribution in [0.3, 0.4) is 0 Å². The summed E-state index contributed by atoms with van der Waals surface area (Å²) in [6, 6.07) is 0. The third-order valence-electron chi connectivity index (χ3n) is 6.85. The van der Waals surface area contributed by atoms with E-state index in [4.69, 9.17) is 9.84 Å². The molecule has 5 nitrogen and oxygen atoms in total. The summed E-state index contributed by atoms with van der Waals surface area (Å²) in [5.74, 6) is 5.61. The van der Waals surface area contributed by atoms with Crippen LogP contribution in [0, 0.1) is 29.6 Å². The summed E-state index contributed by atoms with van der Waals surface area (Å²) < 4.78 is 5.89. The molecule has 0 saturated heterocycles. The van der Waals surface area contributed by atoms with Crippen molar-refractivity contribution in [1.29, 1.82) is 0 Å². The summed E-state index contributed by atoms with van der Waals surface area (Å²) in [5, 5.41) is 29.8. The van der Waals surface area contributed by atoms with E-state index in [1.807, 2.05) is 6.08 Å². The molecule has 150 valence electrons. The van der Waals surface area contributed by atoms with E-state index >= 15 is 0 Å². The van der Waals surface area contributed by atoms with Gasteiger partial charge >= 0.3 is 5.97 Å². The van der Waals surface area contributed by atoms with Gasteiger partial charge < -0.3 is 20.1 Å². The van der Waals surface area contributed by atoms with E-state index in [1.54, 1.807) is 7.11 Å². The van der Waals surface area contributed by atoms with Crippen LogP contribution in [-0.2, 0) is 9.53 Å². The maximum atomic E-state index is 10.8. The average Bonchev–Trinajstić information content (AvgIpc) is 2.66. The second kappa shape index (κ2) is 8.77. The van der Waals surface area contributed by atoms with Crippen LogP contribution in [0.4, 0.5) is 0 Å². The van der Waals surface area contributed by atoms with Crippen molar-refractivity contribution in [1.82, 2.24) is 0 Å². The zero-order valence-corrected chi connectivity index (χ0v) is 16.2. The predicted octanol–water partition coefficient (Wildman–Crippen LogP) is 2.90. The van der Waals surface area contributed by atoms with Crippen molar-refractivity contribution in [2.75, 3.05) is 7.11 Å². The molecule has 5 atom stereocenters. The fourth-order valence-electron chi connectivity index (χ4n) is 5.21. The number of carboxylic acid groups (broad SMARTS) is 1. The lowest BCUT2D eigenvalue weighted by atomic mass is 9.53. The van der Waals surface area contributed by atoms with Gasteiger partial charge in [0.1, 0.15) is 6.10 Å². The summed E-state index contributed by atoms with van der Waals surface area (Å²) in [6.07, 6.45) is 9.27. The first-order chi connectivity index (χ1) is 13.0. The first-order valence-electron chi connectivity index (χ1n) is 10.3. The Bertz CT molecular complexity index is 624. The van der Waals surface area contributed by atoms with Crippen LogP contribution < -0.4 is 0 Å². The molecule has 0 aromatic carbocycles. The van der Waals surface area contributed by atoms with E-state index in [0.29, 0.717) is 12.8 Å². The van der Waals surface area contributed by atoms with Gasteiger partial charge in [0.15, 0.2) is 0 Å². The van der Waals surface area contributed by atoms with Crippen molar-refractivity contribution >= 4 is 5.97 Å². The fourth-order valence-corrected chi connectivity index (χ4v) is 5.21. The van der Waals surface area contributed by atoms with Crippen LogP contribution in [0.2, 0.25) is 0 Å². The van der Waals surface area contributed by atoms with Gasteiger partial charge in [-0.2, -0.15) is 0 Å². The summed E-state index contributed by atoms with van der Waals surface area (Å²) in [5.41, 5.74) is 0.718. The lowest BCUT2D eigenvalue weighted by Gasteiger charge is -2.57. The SMILES string of the molecule is COC12CCC(O)C(C#CC(O)C3CCCCC3)C1C/C2=C/CCC(=O)O. The zero-order chi connectivity index (χ0) is 19.4. The Hall–Kier alpha value is -1.35. The Morgan fingerprint density at radius 2 is 2.07 bits per heavy atom. The highest BCUT2D eigenvalue weighted by atomic mass is 16.5. The van der Waals surface area contributed by atoms with Gasteiger partial charge in [-0.25, -0.2) is 0 Å². The molecule has 27 heavy (non-hydrogen) atoms. The highest BCUT2D eigenvalue weighted by Crippen LogP contribution is 2.56. The van der Waals surface area contributed by atoms with Crippen molar-refractivity contribution in [3.63, 3.8) is 0 Å². The number of rotatable bonds is 5. The summed E-state index contributed by atoms with van der Waals surface area (Å²) in [6.45, 7) is 0. The number of aliphatic carboxylic acids is 1. The van der Waals surface area contributed by atoms with E-state index in [9.17, 15) is 15.0 Å². The lowest BCUT2D eigenvalue weighted by molar-refractivity contribution is -0.139. The molecule has 5 heteroatoms. The lowest BCUT2D eigenvalue weighted by Crippen LogP contribution is -2.59. The van der Waals surface area contributed by atoms with Crippen LogP contribution >= 0.6 is 0 Å². The Morgan fingerprint density at radius 1 is 1.33 bits per heavy atom. The van der Waals surface area contributed by atoms with Crippen LogP contribution in [0.25, 0.3) is 0 Å². The molecule has 0 radical (unpaired) electrons. The molecule has 3 N–H and O–H groups in total. The Kier molecular flexibility index (Phi) is 6.62. The number of aliphatic hydroxyl groups is 2. The zero-order valence-electron chi connectivity index (χ0n) is 16.2. The molecule has 0 spiro atoms. The number of allylic oxidation sites excluding steroid dienone is 1. The molecule has 3 fully saturated rings. The number of hydrogen-bond acceptors (Lipinski definition) is 4. The van der Waals surface area contributed by atoms with Gasteiger partial charge in [-0.3, -0.25) is 4.79 Å². The highest BCUT2D eigenvalue weighted by Gasteiger charge is 2.58. The summed E-state index contributed by atoms with van der Waals surface area (Å²) in [7, 11) is 1.69. The maximum absolute atomic E-state index is 10.8. The minimum absolute atomic E-state index is 0.105. The largest absolute Gasteiger partial charge is 0.481 e. The molecule has 0 heterocycles. The van der Waals surface area contributed by atoms with Gasteiger partial charge in [-0.1, -0.05) is 37.2 Å². The molecule has 5 unspecified atom stereocenters. The molecule has 0 aromatic rings. The summed E-state index contributed by atoms with van der Waals surface area (Å²) >= 11 is 0. The number of carboxylic acids is 1. The Balaban J connectivity index is 1.70. The number of methoxy groups -OCH3 is 1. The smallest absolute Gasteiger partial charge is 0.303 e. The topological polar surface area (TPSA) is 87.0 Å². The van der Waals surface area contributed by atoms with Crippen molar-refractivity contribution < 1.29 is 24.9 Å². The predicted molar refractivity (Wildman–Crippen MR) is 102 cm³/mol. The van der Waals surface area contributed by atoms with Crippen LogP contribution in [0.15, 0.2) is 11.6 Å². The molecule has 3 aliphatic rings. The van der Waals surface area contributed by atoms with E-state index in [-0.39, 0.29) is 24.2 Å². The van der Waals surface area contributed by atoms with E-state index in [1.165, 1.54) is 6.42 Å². The highest BCUT2D eigenvalue weighted by molar-refractivity contribution is 5.66. The molecule has 3 saturated carbocycles. The van der Waals surface area contributed by atoms with Crippen molar-refractivity contribution in [2.24, 2.45) is 17.8 Å². The third kappa shape index (κ3) is 4.23. The standard InChI is InChI=1S/C22H32O5/c1-27-22-13-12-20(24)17(10-11-19(23)15-6-3-2-4-7-15)18(22)14-16(22)8-5-9-21(25)26/h8,15,17-20,23-24H,2-7,9,12-14H2,1H3,(H,25,26)/b16-8-. The van der Waals surface area contributed by atoms with Gasteiger partial charge in [0, 0.05) is 19.4 Å². The Morgan fingerprint density at radius 3 is 2.74 bits per heavy atom. The molecule has 0 bridgehead atoms. The first kappa shape index (κ1) is 20.4. The normalized spacial score (nSPS) is 36.3. The van der Waals surface area contributed by atoms with E-state index in [2.05, 4.69) is 11.8 Å². The van der Waals surface area contributed by atoms with Crippen molar-refractivity contribution in [2.45, 2.75) is 82.0 Å². The van der Waals surface area contributed by atoms with E-state index in [0.717, 1.165) is 44.1 Å². The number of fused-ring (bicyclic) bond motifs is 1. The Labute approximate surface area is 161 Å².